The molecule has 4 aromatic rings. The first-order chi connectivity index (χ1) is 40.9. The molecule has 0 radical (unpaired) electrons. The number of sulfonamides is 2. The number of carbonyl (C=O) groups excluding carboxylic acids is 4. The van der Waals surface area contributed by atoms with Gasteiger partial charge in [0.05, 0.1) is 89.1 Å². The molecule has 12 N–H and O–H groups in total. The van der Waals surface area contributed by atoms with Crippen molar-refractivity contribution in [3.8, 4) is 23.0 Å². The monoisotopic (exact) mass is 1250 g/mol. The van der Waals surface area contributed by atoms with Crippen LogP contribution >= 0.6 is 0 Å². The molecule has 0 unspecified atom stereocenters. The molecule has 0 spiro atoms. The van der Waals surface area contributed by atoms with Crippen LogP contribution in [0.5, 0.6) is 23.0 Å². The summed E-state index contributed by atoms with van der Waals surface area (Å²) in [6.07, 6.45) is 2.30. The highest BCUT2D eigenvalue weighted by molar-refractivity contribution is 7.89. The first-order valence-corrected chi connectivity index (χ1v) is 29.1. The van der Waals surface area contributed by atoms with E-state index in [1.165, 1.54) is 74.5 Å². The van der Waals surface area contributed by atoms with E-state index in [4.69, 9.17) is 60.8 Å². The predicted molar refractivity (Wildman–Crippen MR) is 305 cm³/mol. The van der Waals surface area contributed by atoms with Crippen LogP contribution < -0.4 is 52.5 Å². The lowest BCUT2D eigenvalue weighted by Gasteiger charge is -2.11. The van der Waals surface area contributed by atoms with E-state index in [0.717, 1.165) is 24.3 Å². The zero-order valence-corrected chi connectivity index (χ0v) is 48.5. The number of rotatable bonds is 39. The molecule has 26 nitrogen and oxygen atoms in total. The second kappa shape index (κ2) is 36.8. The van der Waals surface area contributed by atoms with E-state index in [1.54, 1.807) is 0 Å². The molecule has 0 aliphatic carbocycles. The lowest BCUT2D eigenvalue weighted by Crippen LogP contribution is -2.31. The standard InChI is InChI=1S/C54H68F4N10O16S2/c1-35(51(71)67-53(59)60)29-37-31-43(55)49(44(56)32-37)83-39-3-7-41(8-4-39)85(73,74)65-15-19-79-23-27-81-25-21-77-17-13-63-47(69)11-12-48(70)64-14-18-78-22-26-82-28-24-80-20-16-66-86(75,76)42-9-5-40(6-10-42)84-50-45(57)33-38(34-46(50)58)30-36(2)52(72)68-54(61)62/h3-10,29-34,65-66H,11-28H2,1-2H3,(H,63,69)(H,64,70)(H4,59,60,67,71)(H4,61,62,68,72)/b35-29+,36-30+. The van der Waals surface area contributed by atoms with E-state index >= 15 is 0 Å². The van der Waals surface area contributed by atoms with Crippen molar-refractivity contribution >= 4 is 67.7 Å². The molecular formula is C54H68F4N10O16S2. The van der Waals surface area contributed by atoms with E-state index in [0.29, 0.717) is 0 Å². The van der Waals surface area contributed by atoms with Gasteiger partial charge in [0.1, 0.15) is 11.5 Å². The number of hydrogen-bond donors (Lipinski definition) is 8. The van der Waals surface area contributed by atoms with Gasteiger partial charge in [-0.15, -0.1) is 0 Å². The predicted octanol–water partition coefficient (Wildman–Crippen LogP) is 2.60. The van der Waals surface area contributed by atoms with Gasteiger partial charge in [0.15, 0.2) is 46.7 Å². The van der Waals surface area contributed by atoms with Gasteiger partial charge in [0.2, 0.25) is 31.9 Å². The van der Waals surface area contributed by atoms with Crippen LogP contribution in [0.15, 0.2) is 104 Å². The minimum Gasteiger partial charge on any atom is -0.451 e. The van der Waals surface area contributed by atoms with Crippen molar-refractivity contribution < 1.29 is 91.5 Å². The molecule has 4 amide bonds. The summed E-state index contributed by atoms with van der Waals surface area (Å²) in [6.45, 7) is 5.14. The van der Waals surface area contributed by atoms with E-state index in [9.17, 15) is 53.6 Å². The minimum absolute atomic E-state index is 0.00395. The summed E-state index contributed by atoms with van der Waals surface area (Å²) in [5.41, 5.74) is 20.8. The number of nitrogens with two attached hydrogens (primary N) is 4. The van der Waals surface area contributed by atoms with Crippen molar-refractivity contribution in [1.29, 1.82) is 0 Å². The minimum atomic E-state index is -3.97. The summed E-state index contributed by atoms with van der Waals surface area (Å²) in [4.78, 5) is 54.5. The van der Waals surface area contributed by atoms with Gasteiger partial charge in [-0.2, -0.15) is 9.98 Å². The Morgan fingerprint density at radius 3 is 1.02 bits per heavy atom. The third-order valence-corrected chi connectivity index (χ3v) is 13.9. The lowest BCUT2D eigenvalue weighted by molar-refractivity contribution is -0.126. The number of hydrogen-bond acceptors (Lipinski definition) is 16. The molecule has 0 heterocycles. The maximum absolute atomic E-state index is 14.8. The molecule has 32 heteroatoms. The van der Waals surface area contributed by atoms with E-state index in [-0.39, 0.29) is 174 Å². The zero-order chi connectivity index (χ0) is 63.1. The number of carbonyl (C=O) groups is 4. The molecule has 0 aliphatic heterocycles. The van der Waals surface area contributed by atoms with Crippen LogP contribution in [-0.2, 0) is 67.6 Å². The number of nitrogens with one attached hydrogen (secondary N) is 4. The molecule has 0 atom stereocenters. The number of amides is 4. The average molecular weight is 1250 g/mol. The number of nitrogens with zero attached hydrogens (tertiary/aromatic N) is 2. The second-order valence-corrected chi connectivity index (χ2v) is 21.3. The Labute approximate surface area is 493 Å². The molecule has 4 rings (SSSR count). The summed E-state index contributed by atoms with van der Waals surface area (Å²) >= 11 is 0. The Balaban J connectivity index is 0.920. The highest BCUT2D eigenvalue weighted by Gasteiger charge is 2.20. The summed E-state index contributed by atoms with van der Waals surface area (Å²) in [7, 11) is -7.94. The summed E-state index contributed by atoms with van der Waals surface area (Å²) in [5, 5.41) is 5.31. The first kappa shape index (κ1) is 70.6. The fourth-order valence-corrected chi connectivity index (χ4v) is 8.87. The number of guanidine groups is 2. The van der Waals surface area contributed by atoms with Crippen molar-refractivity contribution in [2.24, 2.45) is 32.9 Å². The van der Waals surface area contributed by atoms with Gasteiger partial charge < -0.3 is 71.5 Å². The van der Waals surface area contributed by atoms with Crippen LogP contribution in [0.4, 0.5) is 17.6 Å². The van der Waals surface area contributed by atoms with Gasteiger partial charge >= 0.3 is 0 Å². The molecule has 0 fully saturated rings. The van der Waals surface area contributed by atoms with E-state index in [2.05, 4.69) is 30.1 Å². The molecule has 0 aliphatic rings. The molecule has 0 saturated carbocycles. The van der Waals surface area contributed by atoms with Gasteiger partial charge in [-0.25, -0.2) is 43.8 Å². The fourth-order valence-electron chi connectivity index (χ4n) is 6.84. The third kappa shape index (κ3) is 26.6. The number of halogens is 4. The SMILES string of the molecule is C/C(=C\c1cc(F)c(Oc2ccc(S(=O)(=O)NCCOCCOCCOCCNC(=O)CCC(=O)NCCOCCOCCOCCNS(=O)(=O)c3ccc(Oc4c(F)cc(/C=C(\C)C(=O)N=C(N)N)cc4F)cc3)cc2)c(F)c1)C(=O)N=C(N)N. The average Bonchev–Trinajstić information content (AvgIpc) is 2.04. The van der Waals surface area contributed by atoms with Crippen molar-refractivity contribution in [3.63, 3.8) is 0 Å². The lowest BCUT2D eigenvalue weighted by atomic mass is 10.1. The van der Waals surface area contributed by atoms with Gasteiger partial charge in [0, 0.05) is 50.2 Å². The van der Waals surface area contributed by atoms with Crippen LogP contribution in [0.25, 0.3) is 12.2 Å². The van der Waals surface area contributed by atoms with Gasteiger partial charge in [0.25, 0.3) is 11.8 Å². The van der Waals surface area contributed by atoms with Crippen LogP contribution in [0.2, 0.25) is 0 Å². The Morgan fingerprint density at radius 2 is 0.733 bits per heavy atom. The Morgan fingerprint density at radius 1 is 0.453 bits per heavy atom. The largest absolute Gasteiger partial charge is 0.451 e. The number of aliphatic imine (C=N–C) groups is 2. The Hall–Kier alpha value is -7.92. The summed E-state index contributed by atoms with van der Waals surface area (Å²) < 4.78 is 158. The van der Waals surface area contributed by atoms with Crippen molar-refractivity contribution in [1.82, 2.24) is 20.1 Å². The van der Waals surface area contributed by atoms with Crippen molar-refractivity contribution in [2.45, 2.75) is 36.5 Å². The Bertz CT molecular complexity index is 3000. The smallest absolute Gasteiger partial charge is 0.275 e. The summed E-state index contributed by atoms with van der Waals surface area (Å²) in [6, 6.07) is 13.4. The second-order valence-electron chi connectivity index (χ2n) is 17.8. The molecule has 470 valence electrons. The Kier molecular flexibility index (Phi) is 30.2. The van der Waals surface area contributed by atoms with E-state index < -0.39 is 78.5 Å². The number of ether oxygens (including phenoxy) is 8. The molecule has 0 saturated heterocycles. The van der Waals surface area contributed by atoms with Crippen LogP contribution in [-0.4, -0.2) is 158 Å². The van der Waals surface area contributed by atoms with Crippen LogP contribution in [0, 0.1) is 23.3 Å². The molecule has 0 aromatic heterocycles. The fraction of sp³-hybridized carbons (Fsp3) is 0.370. The zero-order valence-electron chi connectivity index (χ0n) is 46.9. The van der Waals surface area contributed by atoms with Crippen molar-refractivity contribution in [2.75, 3.05) is 105 Å². The van der Waals surface area contributed by atoms with Gasteiger partial charge in [-0.1, -0.05) is 0 Å². The first-order valence-electron chi connectivity index (χ1n) is 26.1. The number of benzene rings is 4. The van der Waals surface area contributed by atoms with Crippen LogP contribution in [0.3, 0.4) is 0 Å². The quantitative estimate of drug-likeness (QED) is 0.0105. The molecule has 4 aromatic carbocycles. The van der Waals surface area contributed by atoms with Gasteiger partial charge in [-0.3, -0.25) is 19.2 Å². The maximum Gasteiger partial charge on any atom is 0.275 e. The molecular weight excluding hydrogens is 1180 g/mol. The maximum atomic E-state index is 14.8. The topological polar surface area (TPSA) is 387 Å². The summed E-state index contributed by atoms with van der Waals surface area (Å²) in [5.74, 6) is -9.11. The molecule has 86 heavy (non-hydrogen) atoms. The third-order valence-electron chi connectivity index (χ3n) is 10.9. The van der Waals surface area contributed by atoms with Crippen LogP contribution in [0.1, 0.15) is 37.8 Å². The van der Waals surface area contributed by atoms with Crippen molar-refractivity contribution in [3.05, 3.63) is 118 Å². The molecule has 0 bridgehead atoms. The van der Waals surface area contributed by atoms with E-state index in [1.807, 2.05) is 0 Å². The normalized spacial score (nSPS) is 11.9. The highest BCUT2D eigenvalue weighted by atomic mass is 32.2. The highest BCUT2D eigenvalue weighted by Crippen LogP contribution is 2.32. The van der Waals surface area contributed by atoms with Gasteiger partial charge in [-0.05, 0) is 110 Å².